The molecular weight excluding hydrogens is 266 g/mol. The van der Waals surface area contributed by atoms with E-state index in [1.54, 1.807) is 10.9 Å². The summed E-state index contributed by atoms with van der Waals surface area (Å²) >= 11 is 0. The molecule has 5 heteroatoms. The molecule has 108 valence electrons. The first kappa shape index (κ1) is 12.6. The second kappa shape index (κ2) is 5.00. The Morgan fingerprint density at radius 3 is 3.14 bits per heavy atom. The summed E-state index contributed by atoms with van der Waals surface area (Å²) in [6, 6.07) is 7.82. The second-order valence-corrected chi connectivity index (χ2v) is 5.56. The van der Waals surface area contributed by atoms with Crippen LogP contribution in [0.2, 0.25) is 0 Å². The standard InChI is InChI=1S/C16H17N3O2/c20-16-14-12-5-1-2-6-13(12)18-15(14)17-10-19(16)8-7-11-4-3-9-21-11/h1-2,5-6,10-11,18H,3-4,7-9H2. The highest BCUT2D eigenvalue weighted by Gasteiger charge is 2.16. The van der Waals surface area contributed by atoms with Crippen molar-refractivity contribution in [2.24, 2.45) is 0 Å². The zero-order valence-electron chi connectivity index (χ0n) is 11.7. The maximum absolute atomic E-state index is 12.7. The number of rotatable bonds is 3. The number of benzene rings is 1. The van der Waals surface area contributed by atoms with Crippen molar-refractivity contribution in [3.05, 3.63) is 40.9 Å². The monoisotopic (exact) mass is 283 g/mol. The molecule has 0 radical (unpaired) electrons. The number of ether oxygens (including phenoxy) is 1. The van der Waals surface area contributed by atoms with Crippen molar-refractivity contribution in [3.8, 4) is 0 Å². The average Bonchev–Trinajstić information content (AvgIpc) is 3.13. The van der Waals surface area contributed by atoms with Crippen molar-refractivity contribution < 1.29 is 4.74 Å². The smallest absolute Gasteiger partial charge is 0.263 e. The minimum atomic E-state index is 0.0236. The van der Waals surface area contributed by atoms with Gasteiger partial charge in [-0.3, -0.25) is 9.36 Å². The lowest BCUT2D eigenvalue weighted by Gasteiger charge is -2.10. The minimum absolute atomic E-state index is 0.0236. The number of aromatic amines is 1. The highest BCUT2D eigenvalue weighted by atomic mass is 16.5. The predicted octanol–water partition coefficient (Wildman–Crippen LogP) is 2.45. The third kappa shape index (κ3) is 2.14. The number of fused-ring (bicyclic) bond motifs is 3. The lowest BCUT2D eigenvalue weighted by atomic mass is 10.2. The molecule has 1 aliphatic heterocycles. The molecule has 0 spiro atoms. The van der Waals surface area contributed by atoms with Gasteiger partial charge in [-0.2, -0.15) is 0 Å². The Kier molecular flexibility index (Phi) is 3.00. The molecule has 1 N–H and O–H groups in total. The normalized spacial score (nSPS) is 18.8. The maximum atomic E-state index is 12.7. The Hall–Kier alpha value is -2.14. The van der Waals surface area contributed by atoms with Crippen LogP contribution in [0.15, 0.2) is 35.4 Å². The van der Waals surface area contributed by atoms with Crippen molar-refractivity contribution in [2.45, 2.75) is 31.9 Å². The highest BCUT2D eigenvalue weighted by molar-refractivity contribution is 6.05. The molecule has 1 atom stereocenters. The average molecular weight is 283 g/mol. The Labute approximate surface area is 121 Å². The van der Waals surface area contributed by atoms with Gasteiger partial charge >= 0.3 is 0 Å². The fraction of sp³-hybridized carbons (Fsp3) is 0.375. The van der Waals surface area contributed by atoms with E-state index in [1.165, 1.54) is 0 Å². The molecule has 4 rings (SSSR count). The number of hydrogen-bond acceptors (Lipinski definition) is 3. The van der Waals surface area contributed by atoms with Crippen LogP contribution >= 0.6 is 0 Å². The van der Waals surface area contributed by atoms with Crippen molar-refractivity contribution in [3.63, 3.8) is 0 Å². The van der Waals surface area contributed by atoms with Crippen molar-refractivity contribution >= 4 is 21.9 Å². The zero-order chi connectivity index (χ0) is 14.2. The first-order chi connectivity index (χ1) is 10.3. The fourth-order valence-electron chi connectivity index (χ4n) is 3.08. The molecule has 1 aliphatic rings. The molecule has 1 fully saturated rings. The lowest BCUT2D eigenvalue weighted by molar-refractivity contribution is 0.100. The van der Waals surface area contributed by atoms with E-state index < -0.39 is 0 Å². The van der Waals surface area contributed by atoms with Crippen LogP contribution in [0, 0.1) is 0 Å². The molecule has 1 aromatic carbocycles. The number of nitrogens with zero attached hydrogens (tertiary/aromatic N) is 2. The van der Waals surface area contributed by atoms with Gasteiger partial charge in [0.1, 0.15) is 5.65 Å². The van der Waals surface area contributed by atoms with Gasteiger partial charge in [0.05, 0.1) is 17.8 Å². The van der Waals surface area contributed by atoms with Gasteiger partial charge in [0, 0.05) is 24.1 Å². The molecule has 0 saturated carbocycles. The van der Waals surface area contributed by atoms with Gasteiger partial charge in [-0.05, 0) is 25.3 Å². The Morgan fingerprint density at radius 2 is 2.29 bits per heavy atom. The van der Waals surface area contributed by atoms with Crippen LogP contribution in [0.4, 0.5) is 0 Å². The molecule has 0 amide bonds. The molecule has 1 saturated heterocycles. The maximum Gasteiger partial charge on any atom is 0.263 e. The number of hydrogen-bond donors (Lipinski definition) is 1. The number of aromatic nitrogens is 3. The topological polar surface area (TPSA) is 59.9 Å². The SMILES string of the molecule is O=c1c2c(ncn1CCC1CCCO1)[nH]c1ccccc12. The van der Waals surface area contributed by atoms with Gasteiger partial charge < -0.3 is 9.72 Å². The van der Waals surface area contributed by atoms with E-state index in [-0.39, 0.29) is 11.7 Å². The lowest BCUT2D eigenvalue weighted by Crippen LogP contribution is -2.22. The van der Waals surface area contributed by atoms with Gasteiger partial charge in [0.2, 0.25) is 0 Å². The van der Waals surface area contributed by atoms with Crippen molar-refractivity contribution in [1.82, 2.24) is 14.5 Å². The van der Waals surface area contributed by atoms with E-state index >= 15 is 0 Å². The summed E-state index contributed by atoms with van der Waals surface area (Å²) in [6.45, 7) is 1.51. The Morgan fingerprint density at radius 1 is 1.38 bits per heavy atom. The fourth-order valence-corrected chi connectivity index (χ4v) is 3.08. The summed E-state index contributed by atoms with van der Waals surface area (Å²) in [6.07, 6.45) is 5.01. The van der Waals surface area contributed by atoms with Crippen LogP contribution in [0.25, 0.3) is 21.9 Å². The molecule has 0 aliphatic carbocycles. The van der Waals surface area contributed by atoms with Gasteiger partial charge in [-0.15, -0.1) is 0 Å². The van der Waals surface area contributed by atoms with Crippen LogP contribution in [-0.4, -0.2) is 27.2 Å². The summed E-state index contributed by atoms with van der Waals surface area (Å²) in [5.41, 5.74) is 1.64. The number of H-pyrrole nitrogens is 1. The van der Waals surface area contributed by atoms with Crippen LogP contribution < -0.4 is 5.56 Å². The Bertz CT molecular complexity index is 843. The van der Waals surface area contributed by atoms with Gasteiger partial charge in [-0.25, -0.2) is 4.98 Å². The van der Waals surface area contributed by atoms with E-state index in [2.05, 4.69) is 9.97 Å². The predicted molar refractivity (Wildman–Crippen MR) is 81.5 cm³/mol. The van der Waals surface area contributed by atoms with Gasteiger partial charge in [0.15, 0.2) is 0 Å². The third-order valence-corrected chi connectivity index (χ3v) is 4.20. The van der Waals surface area contributed by atoms with Crippen molar-refractivity contribution in [1.29, 1.82) is 0 Å². The van der Waals surface area contributed by atoms with E-state index in [4.69, 9.17) is 4.74 Å². The molecule has 3 aromatic rings. The van der Waals surface area contributed by atoms with Crippen molar-refractivity contribution in [2.75, 3.05) is 6.61 Å². The zero-order valence-corrected chi connectivity index (χ0v) is 11.7. The summed E-state index contributed by atoms with van der Waals surface area (Å²) < 4.78 is 7.31. The molecule has 3 heterocycles. The van der Waals surface area contributed by atoms with Gasteiger partial charge in [-0.1, -0.05) is 18.2 Å². The molecular formula is C16H17N3O2. The van der Waals surface area contributed by atoms with Crippen LogP contribution in [0.3, 0.4) is 0 Å². The summed E-state index contributed by atoms with van der Waals surface area (Å²) in [5.74, 6) is 0. The third-order valence-electron chi connectivity index (χ3n) is 4.20. The quantitative estimate of drug-likeness (QED) is 0.803. The molecule has 0 bridgehead atoms. The summed E-state index contributed by atoms with van der Waals surface area (Å²) in [7, 11) is 0. The first-order valence-electron chi connectivity index (χ1n) is 7.40. The van der Waals surface area contributed by atoms with Crippen LogP contribution in [0.5, 0.6) is 0 Å². The van der Waals surface area contributed by atoms with E-state index in [1.807, 2.05) is 24.3 Å². The van der Waals surface area contributed by atoms with Crippen LogP contribution in [-0.2, 0) is 11.3 Å². The molecule has 21 heavy (non-hydrogen) atoms. The van der Waals surface area contributed by atoms with E-state index in [9.17, 15) is 4.79 Å². The molecule has 2 aromatic heterocycles. The summed E-state index contributed by atoms with van der Waals surface area (Å²) in [5, 5.41) is 1.62. The highest BCUT2D eigenvalue weighted by Crippen LogP contribution is 2.21. The minimum Gasteiger partial charge on any atom is -0.378 e. The molecule has 5 nitrogen and oxygen atoms in total. The summed E-state index contributed by atoms with van der Waals surface area (Å²) in [4.78, 5) is 20.3. The Balaban J connectivity index is 1.74. The second-order valence-electron chi connectivity index (χ2n) is 5.56. The number of nitrogens with one attached hydrogen (secondary N) is 1. The van der Waals surface area contributed by atoms with E-state index in [0.717, 1.165) is 36.8 Å². The first-order valence-corrected chi connectivity index (χ1v) is 7.40. The largest absolute Gasteiger partial charge is 0.378 e. The number of para-hydroxylation sites is 1. The van der Waals surface area contributed by atoms with E-state index in [0.29, 0.717) is 17.6 Å². The van der Waals surface area contributed by atoms with Gasteiger partial charge in [0.25, 0.3) is 5.56 Å². The molecule has 1 unspecified atom stereocenters. The van der Waals surface area contributed by atoms with Crippen LogP contribution in [0.1, 0.15) is 19.3 Å². The number of aryl methyl sites for hydroxylation is 1.